The molecule has 0 atom stereocenters. The molecule has 112 valence electrons. The lowest BCUT2D eigenvalue weighted by atomic mass is 9.85. The number of hydrogen-bond donors (Lipinski definition) is 3. The molecule has 0 bridgehead atoms. The van der Waals surface area contributed by atoms with Gasteiger partial charge in [0, 0.05) is 5.38 Å². The molecule has 1 aromatic rings. The van der Waals surface area contributed by atoms with Crippen LogP contribution in [0.15, 0.2) is 17.5 Å². The molecular formula is C13H15N3O4S. The highest BCUT2D eigenvalue weighted by Gasteiger charge is 2.46. The minimum absolute atomic E-state index is 0.0307. The molecule has 1 aliphatic rings. The van der Waals surface area contributed by atoms with Gasteiger partial charge in [-0.15, -0.1) is 11.3 Å². The first kappa shape index (κ1) is 15.2. The number of hydrazine groups is 1. The molecule has 1 aromatic heterocycles. The summed E-state index contributed by atoms with van der Waals surface area (Å²) in [6.45, 7) is 1.83. The van der Waals surface area contributed by atoms with Crippen LogP contribution in [-0.2, 0) is 20.8 Å². The minimum atomic E-state index is -1.52. The smallest absolute Gasteiger partial charge is 0.319 e. The van der Waals surface area contributed by atoms with Gasteiger partial charge in [-0.2, -0.15) is 0 Å². The topological polar surface area (TPSA) is 108 Å². The third-order valence-corrected chi connectivity index (χ3v) is 4.09. The highest BCUT2D eigenvalue weighted by molar-refractivity contribution is 7.09. The predicted molar refractivity (Wildman–Crippen MR) is 75.3 cm³/mol. The first-order valence-corrected chi connectivity index (χ1v) is 7.21. The van der Waals surface area contributed by atoms with E-state index in [1.807, 2.05) is 6.92 Å². The Labute approximate surface area is 125 Å². The van der Waals surface area contributed by atoms with Gasteiger partial charge in [-0.25, -0.2) is 4.98 Å². The van der Waals surface area contributed by atoms with Crippen molar-refractivity contribution < 1.29 is 19.5 Å². The van der Waals surface area contributed by atoms with E-state index >= 15 is 0 Å². The van der Waals surface area contributed by atoms with Crippen LogP contribution in [0.1, 0.15) is 23.5 Å². The van der Waals surface area contributed by atoms with E-state index < -0.39 is 23.2 Å². The monoisotopic (exact) mass is 309 g/mol. The zero-order valence-electron chi connectivity index (χ0n) is 11.4. The number of aryl methyl sites for hydroxylation is 1. The van der Waals surface area contributed by atoms with E-state index in [2.05, 4.69) is 15.8 Å². The van der Waals surface area contributed by atoms with Crippen molar-refractivity contribution in [1.29, 1.82) is 0 Å². The zero-order chi connectivity index (χ0) is 15.5. The maximum Gasteiger partial charge on any atom is 0.319 e. The van der Waals surface area contributed by atoms with Crippen molar-refractivity contribution in [3.05, 3.63) is 28.2 Å². The summed E-state index contributed by atoms with van der Waals surface area (Å²) in [6.07, 6.45) is 3.56. The zero-order valence-corrected chi connectivity index (χ0v) is 12.2. The third kappa shape index (κ3) is 3.27. The Kier molecular flexibility index (Phi) is 4.37. The van der Waals surface area contributed by atoms with E-state index in [-0.39, 0.29) is 19.3 Å². The summed E-state index contributed by atoms with van der Waals surface area (Å²) in [7, 11) is 0. The molecule has 2 rings (SSSR count). The normalized spacial score (nSPS) is 15.7. The summed E-state index contributed by atoms with van der Waals surface area (Å²) in [4.78, 5) is 39.1. The lowest BCUT2D eigenvalue weighted by molar-refractivity contribution is -0.156. The van der Waals surface area contributed by atoms with Gasteiger partial charge in [0.25, 0.3) is 5.91 Å². The van der Waals surface area contributed by atoms with Crippen LogP contribution in [0, 0.1) is 12.3 Å². The average Bonchev–Trinajstić information content (AvgIpc) is 3.06. The predicted octanol–water partition coefficient (Wildman–Crippen LogP) is 0.562. The number of rotatable bonds is 4. The number of allylic oxidation sites excluding steroid dienone is 2. The number of aromatic nitrogens is 1. The molecule has 0 spiro atoms. The van der Waals surface area contributed by atoms with E-state index in [0.717, 1.165) is 5.01 Å². The second-order valence-electron chi connectivity index (χ2n) is 4.80. The quantitative estimate of drug-likeness (QED) is 0.428. The third-order valence-electron chi connectivity index (χ3n) is 3.27. The van der Waals surface area contributed by atoms with Gasteiger partial charge in [-0.1, -0.05) is 12.2 Å². The van der Waals surface area contributed by atoms with Crippen molar-refractivity contribution in [2.75, 3.05) is 0 Å². The van der Waals surface area contributed by atoms with E-state index in [0.29, 0.717) is 5.69 Å². The Morgan fingerprint density at radius 3 is 2.52 bits per heavy atom. The van der Waals surface area contributed by atoms with Gasteiger partial charge < -0.3 is 5.11 Å². The molecule has 0 aromatic carbocycles. The summed E-state index contributed by atoms with van der Waals surface area (Å²) in [6, 6.07) is 0. The van der Waals surface area contributed by atoms with Crippen LogP contribution in [-0.4, -0.2) is 27.9 Å². The van der Waals surface area contributed by atoms with Crippen LogP contribution in [0.2, 0.25) is 0 Å². The second-order valence-corrected chi connectivity index (χ2v) is 5.87. The average molecular weight is 309 g/mol. The van der Waals surface area contributed by atoms with Gasteiger partial charge in [0.1, 0.15) is 0 Å². The molecule has 0 unspecified atom stereocenters. The van der Waals surface area contributed by atoms with E-state index in [4.69, 9.17) is 0 Å². The number of amides is 2. The molecule has 8 heteroatoms. The van der Waals surface area contributed by atoms with Crippen LogP contribution in [0.3, 0.4) is 0 Å². The molecule has 1 aliphatic carbocycles. The highest BCUT2D eigenvalue weighted by Crippen LogP contribution is 2.33. The fourth-order valence-electron chi connectivity index (χ4n) is 2.05. The number of carboxylic acids is 1. The largest absolute Gasteiger partial charge is 0.480 e. The van der Waals surface area contributed by atoms with Crippen molar-refractivity contribution in [3.63, 3.8) is 0 Å². The molecular weight excluding hydrogens is 294 g/mol. The number of carboxylic acid groups (broad SMARTS) is 1. The lowest BCUT2D eigenvalue weighted by Gasteiger charge is -2.22. The lowest BCUT2D eigenvalue weighted by Crippen LogP contribution is -2.52. The summed E-state index contributed by atoms with van der Waals surface area (Å²) < 4.78 is 0. The summed E-state index contributed by atoms with van der Waals surface area (Å²) >= 11 is 1.43. The molecule has 0 radical (unpaired) electrons. The highest BCUT2D eigenvalue weighted by atomic mass is 32.1. The second kappa shape index (κ2) is 6.04. The number of nitrogens with one attached hydrogen (secondary N) is 2. The van der Waals surface area contributed by atoms with Gasteiger partial charge in [-0.05, 0) is 19.8 Å². The van der Waals surface area contributed by atoms with Gasteiger partial charge >= 0.3 is 5.97 Å². The van der Waals surface area contributed by atoms with E-state index in [1.54, 1.807) is 17.5 Å². The van der Waals surface area contributed by atoms with Crippen molar-refractivity contribution in [2.45, 2.75) is 26.2 Å². The molecule has 21 heavy (non-hydrogen) atoms. The number of carbonyl (C=O) groups is 3. The van der Waals surface area contributed by atoms with Crippen molar-refractivity contribution in [2.24, 2.45) is 5.41 Å². The Morgan fingerprint density at radius 2 is 2.00 bits per heavy atom. The van der Waals surface area contributed by atoms with Crippen LogP contribution < -0.4 is 10.9 Å². The number of carbonyl (C=O) groups excluding carboxylic acids is 2. The Bertz CT molecular complexity index is 600. The Morgan fingerprint density at radius 1 is 1.33 bits per heavy atom. The molecule has 0 aliphatic heterocycles. The number of hydrogen-bond acceptors (Lipinski definition) is 5. The van der Waals surface area contributed by atoms with Crippen LogP contribution >= 0.6 is 11.3 Å². The standard InChI is InChI=1S/C13H15N3O4S/c1-8-14-9(7-21-8)6-10(17)15-16-11(18)13(12(19)20)4-2-3-5-13/h2-3,7H,4-6H2,1H3,(H,15,17)(H,16,18)(H,19,20). The number of thiazole rings is 1. The maximum absolute atomic E-state index is 12.0. The molecule has 0 saturated carbocycles. The van der Waals surface area contributed by atoms with E-state index in [9.17, 15) is 19.5 Å². The summed E-state index contributed by atoms with van der Waals surface area (Å²) in [5.74, 6) is -2.36. The summed E-state index contributed by atoms with van der Waals surface area (Å²) in [5.41, 5.74) is 3.51. The molecule has 1 heterocycles. The van der Waals surface area contributed by atoms with Crippen molar-refractivity contribution in [3.8, 4) is 0 Å². The Hall–Kier alpha value is -2.22. The summed E-state index contributed by atoms with van der Waals surface area (Å²) in [5, 5.41) is 11.8. The van der Waals surface area contributed by atoms with Crippen LogP contribution in [0.4, 0.5) is 0 Å². The minimum Gasteiger partial charge on any atom is -0.480 e. The van der Waals surface area contributed by atoms with Crippen LogP contribution in [0.5, 0.6) is 0 Å². The van der Waals surface area contributed by atoms with E-state index in [1.165, 1.54) is 11.3 Å². The number of nitrogens with zero attached hydrogens (tertiary/aromatic N) is 1. The van der Waals surface area contributed by atoms with Crippen molar-refractivity contribution in [1.82, 2.24) is 15.8 Å². The van der Waals surface area contributed by atoms with Crippen LogP contribution in [0.25, 0.3) is 0 Å². The van der Waals surface area contributed by atoms with Crippen molar-refractivity contribution >= 4 is 29.1 Å². The maximum atomic E-state index is 12.0. The molecule has 7 nitrogen and oxygen atoms in total. The van der Waals surface area contributed by atoms with Gasteiger partial charge in [0.15, 0.2) is 5.41 Å². The Balaban J connectivity index is 1.88. The number of aliphatic carboxylic acids is 1. The fourth-order valence-corrected chi connectivity index (χ4v) is 2.67. The van der Waals surface area contributed by atoms with Gasteiger partial charge in [-0.3, -0.25) is 25.2 Å². The van der Waals surface area contributed by atoms with Gasteiger partial charge in [0.05, 0.1) is 17.1 Å². The fraction of sp³-hybridized carbons (Fsp3) is 0.385. The molecule has 0 saturated heterocycles. The SMILES string of the molecule is Cc1nc(CC(=O)NNC(=O)C2(C(=O)O)CC=CC2)cs1. The molecule has 2 amide bonds. The molecule has 3 N–H and O–H groups in total. The van der Waals surface area contributed by atoms with Gasteiger partial charge in [0.2, 0.25) is 5.91 Å². The first-order chi connectivity index (χ1) is 9.94. The molecule has 0 fully saturated rings. The first-order valence-electron chi connectivity index (χ1n) is 6.33.